The van der Waals surface area contributed by atoms with Crippen LogP contribution in [0.3, 0.4) is 0 Å². The van der Waals surface area contributed by atoms with Crippen LogP contribution in [-0.2, 0) is 0 Å². The Morgan fingerprint density at radius 1 is 1.00 bits per heavy atom. The minimum Gasteiger partial charge on any atom is -0.398 e. The number of rotatable bonds is 2. The van der Waals surface area contributed by atoms with Crippen molar-refractivity contribution in [2.24, 2.45) is 0 Å². The maximum Gasteiger partial charge on any atom is 0.0381 e. The van der Waals surface area contributed by atoms with E-state index in [-0.39, 0.29) is 0 Å². The fourth-order valence-electron chi connectivity index (χ4n) is 1.91. The number of hydrogen-bond acceptors (Lipinski definition) is 1. The summed E-state index contributed by atoms with van der Waals surface area (Å²) in [6.07, 6.45) is 0. The van der Waals surface area contributed by atoms with Gasteiger partial charge in [0.05, 0.1) is 0 Å². The Morgan fingerprint density at radius 3 is 2.00 bits per heavy atom. The van der Waals surface area contributed by atoms with Crippen molar-refractivity contribution in [1.29, 1.82) is 0 Å². The van der Waals surface area contributed by atoms with Crippen molar-refractivity contribution in [1.82, 2.24) is 0 Å². The lowest BCUT2D eigenvalue weighted by molar-refractivity contribution is 0.791. The van der Waals surface area contributed by atoms with Gasteiger partial charge >= 0.3 is 0 Å². The van der Waals surface area contributed by atoms with Gasteiger partial charge in [0.15, 0.2) is 0 Å². The molecule has 0 saturated heterocycles. The van der Waals surface area contributed by atoms with Gasteiger partial charge in [-0.15, -0.1) is 0 Å². The Kier molecular flexibility index (Phi) is 3.20. The highest BCUT2D eigenvalue weighted by Gasteiger charge is 2.13. The molecule has 0 aliphatic carbocycles. The Hall–Kier alpha value is -0.980. The fourth-order valence-corrected chi connectivity index (χ4v) is 1.91. The zero-order valence-corrected chi connectivity index (χ0v) is 9.89. The maximum absolute atomic E-state index is 6.12. The molecule has 0 heterocycles. The van der Waals surface area contributed by atoms with Crippen molar-refractivity contribution in [3.8, 4) is 0 Å². The van der Waals surface area contributed by atoms with Gasteiger partial charge in [0.1, 0.15) is 0 Å². The van der Waals surface area contributed by atoms with Crippen LogP contribution in [0.4, 0.5) is 5.69 Å². The second-order valence-corrected chi connectivity index (χ2v) is 4.61. The van der Waals surface area contributed by atoms with Crippen LogP contribution >= 0.6 is 0 Å². The first kappa shape index (κ1) is 11.1. The van der Waals surface area contributed by atoms with Gasteiger partial charge in [-0.25, -0.2) is 0 Å². The van der Waals surface area contributed by atoms with Crippen LogP contribution in [0.15, 0.2) is 12.1 Å². The van der Waals surface area contributed by atoms with Crippen molar-refractivity contribution in [2.45, 2.75) is 46.5 Å². The van der Waals surface area contributed by atoms with E-state index in [1.807, 2.05) is 0 Å². The molecule has 1 rings (SSSR count). The van der Waals surface area contributed by atoms with Gasteiger partial charge in [0.2, 0.25) is 0 Å². The number of aryl methyl sites for hydroxylation is 1. The van der Waals surface area contributed by atoms with E-state index in [4.69, 9.17) is 5.73 Å². The van der Waals surface area contributed by atoms with Crippen molar-refractivity contribution in [3.05, 3.63) is 28.8 Å². The predicted octanol–water partition coefficient (Wildman–Crippen LogP) is 3.82. The molecule has 0 aliphatic rings. The first-order chi connectivity index (χ1) is 6.45. The Morgan fingerprint density at radius 2 is 1.57 bits per heavy atom. The number of nitrogens with two attached hydrogens (primary N) is 1. The SMILES string of the molecule is Cc1ccc(C(C)C)c(C(C)C)c1N. The number of benzene rings is 1. The lowest BCUT2D eigenvalue weighted by atomic mass is 9.88. The summed E-state index contributed by atoms with van der Waals surface area (Å²) in [5.41, 5.74) is 11.0. The van der Waals surface area contributed by atoms with Crippen molar-refractivity contribution in [3.63, 3.8) is 0 Å². The van der Waals surface area contributed by atoms with Gasteiger partial charge < -0.3 is 5.73 Å². The maximum atomic E-state index is 6.12. The van der Waals surface area contributed by atoms with Gasteiger partial charge in [-0.3, -0.25) is 0 Å². The highest BCUT2D eigenvalue weighted by atomic mass is 14.6. The molecule has 1 nitrogen and oxygen atoms in total. The lowest BCUT2D eigenvalue weighted by Crippen LogP contribution is -2.05. The van der Waals surface area contributed by atoms with Crippen LogP contribution in [0.1, 0.15) is 56.2 Å². The summed E-state index contributed by atoms with van der Waals surface area (Å²) in [5.74, 6) is 1.06. The molecular weight excluding hydrogens is 170 g/mol. The second kappa shape index (κ2) is 4.04. The molecule has 0 aliphatic heterocycles. The first-order valence-electron chi connectivity index (χ1n) is 5.34. The van der Waals surface area contributed by atoms with E-state index >= 15 is 0 Å². The van der Waals surface area contributed by atoms with Crippen LogP contribution in [0.2, 0.25) is 0 Å². The lowest BCUT2D eigenvalue weighted by Gasteiger charge is -2.19. The summed E-state index contributed by atoms with van der Waals surface area (Å²) >= 11 is 0. The molecule has 1 aromatic rings. The van der Waals surface area contributed by atoms with E-state index in [1.54, 1.807) is 0 Å². The van der Waals surface area contributed by atoms with Crippen LogP contribution in [-0.4, -0.2) is 0 Å². The molecule has 0 atom stereocenters. The minimum atomic E-state index is 0.507. The Bertz CT molecular complexity index is 324. The van der Waals surface area contributed by atoms with Crippen molar-refractivity contribution in [2.75, 3.05) is 5.73 Å². The molecule has 0 amide bonds. The molecule has 0 fully saturated rings. The zero-order chi connectivity index (χ0) is 10.9. The molecule has 78 valence electrons. The largest absolute Gasteiger partial charge is 0.398 e. The van der Waals surface area contributed by atoms with Crippen molar-refractivity contribution < 1.29 is 0 Å². The normalized spacial score (nSPS) is 11.4. The second-order valence-electron chi connectivity index (χ2n) is 4.61. The number of hydrogen-bond donors (Lipinski definition) is 1. The van der Waals surface area contributed by atoms with E-state index in [9.17, 15) is 0 Å². The van der Waals surface area contributed by atoms with E-state index in [1.165, 1.54) is 16.7 Å². The summed E-state index contributed by atoms with van der Waals surface area (Å²) in [6.45, 7) is 10.9. The quantitative estimate of drug-likeness (QED) is 0.706. The van der Waals surface area contributed by atoms with Crippen molar-refractivity contribution >= 4 is 5.69 Å². The molecule has 0 spiro atoms. The third-order valence-electron chi connectivity index (χ3n) is 2.74. The summed E-state index contributed by atoms with van der Waals surface area (Å²) in [4.78, 5) is 0. The minimum absolute atomic E-state index is 0.507. The summed E-state index contributed by atoms with van der Waals surface area (Å²) in [5, 5.41) is 0. The molecule has 0 unspecified atom stereocenters. The molecular formula is C13H21N. The molecule has 1 heteroatoms. The molecule has 1 aromatic carbocycles. The summed E-state index contributed by atoms with van der Waals surface area (Å²) in [6, 6.07) is 4.34. The standard InChI is InChI=1S/C13H21N/c1-8(2)11-7-6-10(5)13(14)12(11)9(3)4/h6-9H,14H2,1-5H3. The monoisotopic (exact) mass is 191 g/mol. The average Bonchev–Trinajstić information content (AvgIpc) is 2.08. The van der Waals surface area contributed by atoms with Crippen LogP contribution in [0.25, 0.3) is 0 Å². The number of anilines is 1. The summed E-state index contributed by atoms with van der Waals surface area (Å²) < 4.78 is 0. The molecule has 2 N–H and O–H groups in total. The van der Waals surface area contributed by atoms with E-state index < -0.39 is 0 Å². The molecule has 0 bridgehead atoms. The third kappa shape index (κ3) is 1.92. The molecule has 14 heavy (non-hydrogen) atoms. The Balaban J connectivity index is 3.38. The topological polar surface area (TPSA) is 26.0 Å². The van der Waals surface area contributed by atoms with Gasteiger partial charge in [-0.2, -0.15) is 0 Å². The first-order valence-corrected chi connectivity index (χ1v) is 5.34. The van der Waals surface area contributed by atoms with Crippen LogP contribution in [0.5, 0.6) is 0 Å². The van der Waals surface area contributed by atoms with E-state index in [0.29, 0.717) is 11.8 Å². The Labute approximate surface area is 87.3 Å². The van der Waals surface area contributed by atoms with Crippen LogP contribution in [0, 0.1) is 6.92 Å². The van der Waals surface area contributed by atoms with Gasteiger partial charge in [-0.05, 0) is 35.4 Å². The smallest absolute Gasteiger partial charge is 0.0381 e. The molecule has 0 saturated carbocycles. The highest BCUT2D eigenvalue weighted by Crippen LogP contribution is 2.32. The fraction of sp³-hybridized carbons (Fsp3) is 0.538. The zero-order valence-electron chi connectivity index (χ0n) is 9.89. The van der Waals surface area contributed by atoms with Gasteiger partial charge in [0.25, 0.3) is 0 Å². The summed E-state index contributed by atoms with van der Waals surface area (Å²) in [7, 11) is 0. The van der Waals surface area contributed by atoms with Gasteiger partial charge in [0, 0.05) is 5.69 Å². The third-order valence-corrected chi connectivity index (χ3v) is 2.74. The van der Waals surface area contributed by atoms with Gasteiger partial charge in [-0.1, -0.05) is 39.8 Å². The molecule has 0 radical (unpaired) electrons. The number of nitrogen functional groups attached to an aromatic ring is 1. The highest BCUT2D eigenvalue weighted by molar-refractivity contribution is 5.58. The van der Waals surface area contributed by atoms with E-state index in [0.717, 1.165) is 5.69 Å². The van der Waals surface area contributed by atoms with Crippen LogP contribution < -0.4 is 5.73 Å². The average molecular weight is 191 g/mol. The van der Waals surface area contributed by atoms with E-state index in [2.05, 4.69) is 46.8 Å². The molecule has 0 aromatic heterocycles. The predicted molar refractivity (Wildman–Crippen MR) is 63.8 cm³/mol.